The molecule has 2 saturated carbocycles. The van der Waals surface area contributed by atoms with Crippen LogP contribution < -0.4 is 10.6 Å². The molecule has 2 aliphatic carbocycles. The van der Waals surface area contributed by atoms with Crippen LogP contribution in [0.4, 0.5) is 0 Å². The molecule has 1 aromatic heterocycles. The van der Waals surface area contributed by atoms with Crippen LogP contribution in [0.2, 0.25) is 0 Å². The third kappa shape index (κ3) is 3.31. The van der Waals surface area contributed by atoms with Crippen molar-refractivity contribution in [1.82, 2.24) is 15.6 Å². The SMILES string of the molecule is CCOC1CC(NC(=NC)NCc2nc(C(C)C)cs2)C12CCC2. The van der Waals surface area contributed by atoms with Crippen LogP contribution in [0.3, 0.4) is 0 Å². The molecule has 1 heterocycles. The summed E-state index contributed by atoms with van der Waals surface area (Å²) in [6, 6.07) is 0.483. The molecule has 0 saturated heterocycles. The third-order valence-electron chi connectivity index (χ3n) is 5.54. The van der Waals surface area contributed by atoms with Gasteiger partial charge in [0.05, 0.1) is 18.3 Å². The van der Waals surface area contributed by atoms with Gasteiger partial charge in [-0.25, -0.2) is 4.98 Å². The Morgan fingerprint density at radius 1 is 1.50 bits per heavy atom. The van der Waals surface area contributed by atoms with Crippen LogP contribution in [0.5, 0.6) is 0 Å². The van der Waals surface area contributed by atoms with Gasteiger partial charge in [-0.1, -0.05) is 20.3 Å². The summed E-state index contributed by atoms with van der Waals surface area (Å²) in [5.74, 6) is 1.36. The Morgan fingerprint density at radius 3 is 2.83 bits per heavy atom. The molecule has 0 radical (unpaired) electrons. The summed E-state index contributed by atoms with van der Waals surface area (Å²) in [7, 11) is 1.84. The van der Waals surface area contributed by atoms with Crippen molar-refractivity contribution in [3.05, 3.63) is 16.1 Å². The Labute approximate surface area is 149 Å². The normalized spacial score (nSPS) is 25.5. The van der Waals surface area contributed by atoms with Gasteiger partial charge in [-0.15, -0.1) is 11.3 Å². The first kappa shape index (κ1) is 17.7. The minimum atomic E-state index is 0.347. The monoisotopic (exact) mass is 350 g/mol. The van der Waals surface area contributed by atoms with E-state index < -0.39 is 0 Å². The average Bonchev–Trinajstić information content (AvgIpc) is 2.97. The largest absolute Gasteiger partial charge is 0.378 e. The Balaban J connectivity index is 1.52. The predicted octanol–water partition coefficient (Wildman–Crippen LogP) is 3.28. The van der Waals surface area contributed by atoms with Crippen LogP contribution >= 0.6 is 11.3 Å². The lowest BCUT2D eigenvalue weighted by Crippen LogP contribution is -2.68. The number of nitrogens with one attached hydrogen (secondary N) is 2. The molecule has 5 nitrogen and oxygen atoms in total. The van der Waals surface area contributed by atoms with E-state index in [1.165, 1.54) is 25.0 Å². The number of rotatable bonds is 6. The first-order chi connectivity index (χ1) is 11.6. The quantitative estimate of drug-likeness (QED) is 0.611. The molecule has 3 rings (SSSR count). The molecule has 0 bridgehead atoms. The predicted molar refractivity (Wildman–Crippen MR) is 99.6 cm³/mol. The number of ether oxygens (including phenoxy) is 1. The van der Waals surface area contributed by atoms with E-state index in [4.69, 9.17) is 4.74 Å². The zero-order valence-corrected chi connectivity index (χ0v) is 16.1. The smallest absolute Gasteiger partial charge is 0.191 e. The number of nitrogens with zero attached hydrogens (tertiary/aromatic N) is 2. The van der Waals surface area contributed by atoms with Gasteiger partial charge in [-0.05, 0) is 32.1 Å². The molecule has 0 amide bonds. The zero-order chi connectivity index (χ0) is 17.2. The summed E-state index contributed by atoms with van der Waals surface area (Å²) in [6.07, 6.45) is 5.39. The molecule has 1 aromatic rings. The second-order valence-electron chi connectivity index (χ2n) is 7.21. The number of guanidine groups is 1. The minimum absolute atomic E-state index is 0.347. The van der Waals surface area contributed by atoms with E-state index in [0.717, 1.165) is 30.5 Å². The summed E-state index contributed by atoms with van der Waals surface area (Å²) in [5, 5.41) is 10.3. The molecule has 2 N–H and O–H groups in total. The number of hydrogen-bond donors (Lipinski definition) is 2. The molecule has 2 aliphatic rings. The molecule has 1 spiro atoms. The Kier molecular flexibility index (Phi) is 5.45. The molecule has 6 heteroatoms. The van der Waals surface area contributed by atoms with E-state index in [0.29, 0.717) is 23.5 Å². The van der Waals surface area contributed by atoms with E-state index in [1.54, 1.807) is 11.3 Å². The Morgan fingerprint density at radius 2 is 2.29 bits per heavy atom. The van der Waals surface area contributed by atoms with Crippen molar-refractivity contribution in [1.29, 1.82) is 0 Å². The highest BCUT2D eigenvalue weighted by Gasteiger charge is 2.59. The maximum Gasteiger partial charge on any atom is 0.191 e. The number of thiazole rings is 1. The summed E-state index contributed by atoms with van der Waals surface area (Å²) in [5.41, 5.74) is 1.52. The maximum absolute atomic E-state index is 5.93. The number of hydrogen-bond acceptors (Lipinski definition) is 4. The standard InChI is InChI=1S/C18H30N4OS/c1-5-23-15-9-14(18(15)7-6-8-18)22-17(19-4)20-10-16-21-13(11-24-16)12(2)3/h11-12,14-15H,5-10H2,1-4H3,(H2,19,20,22). The summed E-state index contributed by atoms with van der Waals surface area (Å²) >= 11 is 1.72. The fraction of sp³-hybridized carbons (Fsp3) is 0.778. The van der Waals surface area contributed by atoms with E-state index in [2.05, 4.69) is 46.8 Å². The lowest BCUT2D eigenvalue weighted by molar-refractivity contribution is -0.168. The van der Waals surface area contributed by atoms with Crippen molar-refractivity contribution >= 4 is 17.3 Å². The molecule has 0 aliphatic heterocycles. The van der Waals surface area contributed by atoms with Crippen molar-refractivity contribution in [2.45, 2.75) is 71.1 Å². The molecule has 2 atom stereocenters. The van der Waals surface area contributed by atoms with E-state index in [-0.39, 0.29) is 0 Å². The topological polar surface area (TPSA) is 58.5 Å². The van der Waals surface area contributed by atoms with Crippen LogP contribution in [0.1, 0.15) is 63.1 Å². The van der Waals surface area contributed by atoms with Gasteiger partial charge >= 0.3 is 0 Å². The highest BCUT2D eigenvalue weighted by Crippen LogP contribution is 2.57. The van der Waals surface area contributed by atoms with Crippen molar-refractivity contribution in [3.8, 4) is 0 Å². The van der Waals surface area contributed by atoms with Crippen LogP contribution in [0.15, 0.2) is 10.4 Å². The summed E-state index contributed by atoms with van der Waals surface area (Å²) in [4.78, 5) is 9.07. The lowest BCUT2D eigenvalue weighted by atomic mass is 9.51. The molecule has 134 valence electrons. The van der Waals surface area contributed by atoms with Gasteiger partial charge in [0.1, 0.15) is 5.01 Å². The minimum Gasteiger partial charge on any atom is -0.378 e. The molecule has 2 unspecified atom stereocenters. The molecule has 2 fully saturated rings. The first-order valence-electron chi connectivity index (χ1n) is 9.12. The van der Waals surface area contributed by atoms with Crippen LogP contribution in [-0.2, 0) is 11.3 Å². The van der Waals surface area contributed by atoms with Gasteiger partial charge in [0, 0.05) is 30.5 Å². The van der Waals surface area contributed by atoms with E-state index in [1.807, 2.05) is 7.05 Å². The van der Waals surface area contributed by atoms with Crippen LogP contribution in [0, 0.1) is 5.41 Å². The summed E-state index contributed by atoms with van der Waals surface area (Å²) < 4.78 is 5.93. The highest BCUT2D eigenvalue weighted by atomic mass is 32.1. The zero-order valence-electron chi connectivity index (χ0n) is 15.3. The van der Waals surface area contributed by atoms with Crippen molar-refractivity contribution in [3.63, 3.8) is 0 Å². The first-order valence-corrected chi connectivity index (χ1v) is 10.00. The van der Waals surface area contributed by atoms with Gasteiger partial charge in [0.25, 0.3) is 0 Å². The Bertz CT molecular complexity index is 579. The number of aromatic nitrogens is 1. The fourth-order valence-corrected chi connectivity index (χ4v) is 4.73. The van der Waals surface area contributed by atoms with Crippen molar-refractivity contribution in [2.75, 3.05) is 13.7 Å². The third-order valence-corrected chi connectivity index (χ3v) is 6.41. The lowest BCUT2D eigenvalue weighted by Gasteiger charge is -2.61. The number of aliphatic imine (C=N–C) groups is 1. The van der Waals surface area contributed by atoms with Gasteiger partial charge < -0.3 is 15.4 Å². The van der Waals surface area contributed by atoms with Gasteiger partial charge in [-0.3, -0.25) is 4.99 Å². The van der Waals surface area contributed by atoms with Crippen molar-refractivity contribution in [2.24, 2.45) is 10.4 Å². The second kappa shape index (κ2) is 7.40. The van der Waals surface area contributed by atoms with Gasteiger partial charge in [0.2, 0.25) is 0 Å². The molecular formula is C18H30N4OS. The average molecular weight is 351 g/mol. The Hall–Kier alpha value is -1.14. The van der Waals surface area contributed by atoms with Gasteiger partial charge in [0.15, 0.2) is 5.96 Å². The summed E-state index contributed by atoms with van der Waals surface area (Å²) in [6.45, 7) is 7.99. The fourth-order valence-electron chi connectivity index (χ4n) is 3.83. The molecule has 0 aromatic carbocycles. The van der Waals surface area contributed by atoms with Crippen molar-refractivity contribution < 1.29 is 4.74 Å². The second-order valence-corrected chi connectivity index (χ2v) is 8.15. The maximum atomic E-state index is 5.93. The van der Waals surface area contributed by atoms with Crippen LogP contribution in [0.25, 0.3) is 0 Å². The van der Waals surface area contributed by atoms with Crippen LogP contribution in [-0.4, -0.2) is 36.7 Å². The highest BCUT2D eigenvalue weighted by molar-refractivity contribution is 7.09. The van der Waals surface area contributed by atoms with Gasteiger partial charge in [-0.2, -0.15) is 0 Å². The molecule has 24 heavy (non-hydrogen) atoms. The molecular weight excluding hydrogens is 320 g/mol. The van der Waals surface area contributed by atoms with E-state index >= 15 is 0 Å². The van der Waals surface area contributed by atoms with E-state index in [9.17, 15) is 0 Å².